The molecule has 0 saturated heterocycles. The highest BCUT2D eigenvalue weighted by Gasteiger charge is 2.45. The van der Waals surface area contributed by atoms with Crippen LogP contribution in [0, 0.1) is 5.82 Å². The zero-order valence-corrected chi connectivity index (χ0v) is 19.1. The number of hydrazine groups is 1. The minimum Gasteiger partial charge on any atom is -0.267 e. The molecular formula is C30H15FN2O4. The Morgan fingerprint density at radius 3 is 1.49 bits per heavy atom. The first-order valence-corrected chi connectivity index (χ1v) is 11.6. The van der Waals surface area contributed by atoms with Crippen LogP contribution in [0.2, 0.25) is 0 Å². The van der Waals surface area contributed by atoms with Gasteiger partial charge in [0.05, 0.1) is 22.3 Å². The summed E-state index contributed by atoms with van der Waals surface area (Å²) in [6, 6.07) is 24.4. The molecule has 0 aromatic heterocycles. The molecule has 0 fully saturated rings. The van der Waals surface area contributed by atoms with E-state index in [4.69, 9.17) is 0 Å². The second kappa shape index (κ2) is 7.41. The van der Waals surface area contributed by atoms with Crippen molar-refractivity contribution < 1.29 is 23.6 Å². The summed E-state index contributed by atoms with van der Waals surface area (Å²) in [4.78, 5) is 54.6. The highest BCUT2D eigenvalue weighted by Crippen LogP contribution is 2.39. The number of rotatable bonds is 2. The van der Waals surface area contributed by atoms with E-state index < -0.39 is 23.6 Å². The first-order valence-electron chi connectivity index (χ1n) is 11.6. The number of carbonyl (C=O) groups is 4. The van der Waals surface area contributed by atoms with Crippen LogP contribution in [0.4, 0.5) is 4.39 Å². The summed E-state index contributed by atoms with van der Waals surface area (Å²) in [6.07, 6.45) is 0. The molecule has 5 aromatic rings. The highest BCUT2D eigenvalue weighted by atomic mass is 19.1. The third kappa shape index (κ3) is 2.79. The van der Waals surface area contributed by atoms with Crippen molar-refractivity contribution in [3.63, 3.8) is 0 Å². The van der Waals surface area contributed by atoms with Gasteiger partial charge in [0.25, 0.3) is 23.6 Å². The quantitative estimate of drug-likeness (QED) is 0.304. The van der Waals surface area contributed by atoms with Gasteiger partial charge in [0.15, 0.2) is 0 Å². The van der Waals surface area contributed by atoms with Crippen molar-refractivity contribution in [1.29, 1.82) is 0 Å². The molecule has 0 N–H and O–H groups in total. The summed E-state index contributed by atoms with van der Waals surface area (Å²) in [6.45, 7) is 0. The van der Waals surface area contributed by atoms with Gasteiger partial charge in [-0.05, 0) is 58.3 Å². The van der Waals surface area contributed by atoms with Gasteiger partial charge in [0.2, 0.25) is 0 Å². The van der Waals surface area contributed by atoms with Crippen molar-refractivity contribution in [3.8, 4) is 11.1 Å². The molecule has 37 heavy (non-hydrogen) atoms. The molecule has 5 aromatic carbocycles. The van der Waals surface area contributed by atoms with E-state index in [-0.39, 0.29) is 28.1 Å². The Morgan fingerprint density at radius 1 is 0.459 bits per heavy atom. The van der Waals surface area contributed by atoms with E-state index in [9.17, 15) is 23.6 Å². The standard InChI is InChI=1S/C30H15FN2O4/c31-18-12-10-16(11-13-18)19-14-15-24-26-20(19)6-3-9-23(26)29(36)33(30(24)37)32-27(34)21-7-1-4-17-5-2-8-22(25(17)21)28(32)35/h1-15H. The Morgan fingerprint density at radius 2 is 0.919 bits per heavy atom. The van der Waals surface area contributed by atoms with Gasteiger partial charge in [-0.2, -0.15) is 10.0 Å². The van der Waals surface area contributed by atoms with E-state index >= 15 is 0 Å². The number of hydrogen-bond acceptors (Lipinski definition) is 4. The van der Waals surface area contributed by atoms with Crippen LogP contribution >= 0.6 is 0 Å². The number of hydrogen-bond donors (Lipinski definition) is 0. The molecule has 0 spiro atoms. The van der Waals surface area contributed by atoms with Gasteiger partial charge >= 0.3 is 0 Å². The van der Waals surface area contributed by atoms with E-state index in [0.29, 0.717) is 26.2 Å². The third-order valence-electron chi connectivity index (χ3n) is 6.99. The van der Waals surface area contributed by atoms with Crippen molar-refractivity contribution in [3.05, 3.63) is 119 Å². The Labute approximate surface area is 209 Å². The smallest absolute Gasteiger partial charge is 0.267 e. The van der Waals surface area contributed by atoms with E-state index in [1.807, 2.05) is 0 Å². The lowest BCUT2D eigenvalue weighted by atomic mass is 9.89. The number of halogens is 1. The van der Waals surface area contributed by atoms with E-state index in [1.165, 1.54) is 12.1 Å². The number of imide groups is 2. The summed E-state index contributed by atoms with van der Waals surface area (Å²) in [5.74, 6) is -3.40. The summed E-state index contributed by atoms with van der Waals surface area (Å²) in [7, 11) is 0. The van der Waals surface area contributed by atoms with Crippen LogP contribution in [-0.4, -0.2) is 33.6 Å². The monoisotopic (exact) mass is 486 g/mol. The predicted molar refractivity (Wildman–Crippen MR) is 134 cm³/mol. The minimum atomic E-state index is -0.771. The fourth-order valence-electron chi connectivity index (χ4n) is 5.35. The first kappa shape index (κ1) is 21.1. The van der Waals surface area contributed by atoms with Gasteiger partial charge in [0.1, 0.15) is 5.82 Å². The fourth-order valence-corrected chi connectivity index (χ4v) is 5.35. The van der Waals surface area contributed by atoms with Gasteiger partial charge in [0, 0.05) is 10.8 Å². The molecule has 6 nitrogen and oxygen atoms in total. The van der Waals surface area contributed by atoms with Crippen molar-refractivity contribution in [2.24, 2.45) is 0 Å². The summed E-state index contributed by atoms with van der Waals surface area (Å²) in [5, 5.41) is 3.57. The molecule has 176 valence electrons. The van der Waals surface area contributed by atoms with Crippen molar-refractivity contribution >= 4 is 45.2 Å². The van der Waals surface area contributed by atoms with Crippen LogP contribution in [0.1, 0.15) is 41.4 Å². The molecule has 7 rings (SSSR count). The molecular weight excluding hydrogens is 471 g/mol. The SMILES string of the molecule is O=C1c2cccc3cccc(c23)C(=O)N1N1C(=O)c2cccc3c(-c4ccc(F)cc4)ccc(c23)C1=O. The summed E-state index contributed by atoms with van der Waals surface area (Å²) < 4.78 is 13.5. The number of nitrogens with zero attached hydrogens (tertiary/aromatic N) is 2. The van der Waals surface area contributed by atoms with Crippen LogP contribution in [0.15, 0.2) is 91.0 Å². The average Bonchev–Trinajstić information content (AvgIpc) is 2.92. The lowest BCUT2D eigenvalue weighted by Crippen LogP contribution is -2.58. The van der Waals surface area contributed by atoms with Gasteiger partial charge in [-0.15, -0.1) is 0 Å². The van der Waals surface area contributed by atoms with Crippen LogP contribution in [-0.2, 0) is 0 Å². The minimum absolute atomic E-state index is 0.189. The van der Waals surface area contributed by atoms with Gasteiger partial charge < -0.3 is 0 Å². The zero-order valence-electron chi connectivity index (χ0n) is 19.1. The molecule has 2 aliphatic heterocycles. The molecule has 7 heteroatoms. The third-order valence-corrected chi connectivity index (χ3v) is 6.99. The van der Waals surface area contributed by atoms with Crippen molar-refractivity contribution in [1.82, 2.24) is 10.0 Å². The molecule has 0 unspecified atom stereocenters. The number of benzene rings is 5. The van der Waals surface area contributed by atoms with Crippen LogP contribution in [0.3, 0.4) is 0 Å². The largest absolute Gasteiger partial charge is 0.281 e. The summed E-state index contributed by atoms with van der Waals surface area (Å²) >= 11 is 0. The molecule has 0 radical (unpaired) electrons. The van der Waals surface area contributed by atoms with E-state index in [2.05, 4.69) is 0 Å². The van der Waals surface area contributed by atoms with Gasteiger partial charge in [-0.3, -0.25) is 19.2 Å². The predicted octanol–water partition coefficient (Wildman–Crippen LogP) is 5.61. The van der Waals surface area contributed by atoms with Crippen molar-refractivity contribution in [2.45, 2.75) is 0 Å². The fraction of sp³-hybridized carbons (Fsp3) is 0. The lowest BCUT2D eigenvalue weighted by Gasteiger charge is -2.36. The maximum atomic E-state index is 13.8. The molecule has 2 heterocycles. The summed E-state index contributed by atoms with van der Waals surface area (Å²) in [5.41, 5.74) is 2.30. The van der Waals surface area contributed by atoms with Crippen molar-refractivity contribution in [2.75, 3.05) is 0 Å². The first-order chi connectivity index (χ1) is 18.0. The normalized spacial score (nSPS) is 14.7. The Balaban J connectivity index is 1.40. The van der Waals surface area contributed by atoms with Crippen LogP contribution in [0.25, 0.3) is 32.7 Å². The van der Waals surface area contributed by atoms with Crippen LogP contribution < -0.4 is 0 Å². The van der Waals surface area contributed by atoms with Gasteiger partial charge in [-0.1, -0.05) is 54.6 Å². The maximum absolute atomic E-state index is 13.8. The second-order valence-electron chi connectivity index (χ2n) is 8.95. The lowest BCUT2D eigenvalue weighted by molar-refractivity contribution is 0.00212. The molecule has 2 aliphatic rings. The Kier molecular flexibility index (Phi) is 4.24. The Hall–Kier alpha value is -5.17. The second-order valence-corrected chi connectivity index (χ2v) is 8.95. The molecule has 0 saturated carbocycles. The average molecular weight is 486 g/mol. The molecule has 0 atom stereocenters. The molecule has 0 bridgehead atoms. The van der Waals surface area contributed by atoms with Gasteiger partial charge in [-0.25, -0.2) is 4.39 Å². The molecule has 0 aliphatic carbocycles. The zero-order chi connectivity index (χ0) is 25.4. The van der Waals surface area contributed by atoms with E-state index in [0.717, 1.165) is 16.5 Å². The van der Waals surface area contributed by atoms with E-state index in [1.54, 1.807) is 78.9 Å². The number of amides is 4. The molecule has 4 amide bonds. The Bertz CT molecular complexity index is 1800. The maximum Gasteiger partial charge on any atom is 0.281 e. The van der Waals surface area contributed by atoms with Crippen LogP contribution in [0.5, 0.6) is 0 Å². The topological polar surface area (TPSA) is 74.8 Å². The number of carbonyl (C=O) groups excluding carboxylic acids is 4. The highest BCUT2D eigenvalue weighted by molar-refractivity contribution is 6.31.